The minimum atomic E-state index is -3.64. The summed E-state index contributed by atoms with van der Waals surface area (Å²) in [5.74, 6) is -1.39. The van der Waals surface area contributed by atoms with Crippen LogP contribution in [0.2, 0.25) is 5.02 Å². The molecule has 0 heterocycles. The molecule has 0 saturated carbocycles. The zero-order valence-corrected chi connectivity index (χ0v) is 22.2. The normalized spacial score (nSPS) is 12.2. The predicted molar refractivity (Wildman–Crippen MR) is 142 cm³/mol. The van der Waals surface area contributed by atoms with E-state index in [0.29, 0.717) is 10.6 Å². The molecule has 0 aliphatic rings. The molecule has 0 fully saturated rings. The van der Waals surface area contributed by atoms with Gasteiger partial charge in [0.05, 0.1) is 12.8 Å². The van der Waals surface area contributed by atoms with Gasteiger partial charge in [-0.25, -0.2) is 12.8 Å². The van der Waals surface area contributed by atoms with Gasteiger partial charge in [0.1, 0.15) is 11.9 Å². The van der Waals surface area contributed by atoms with Crippen LogP contribution >= 0.6 is 11.6 Å². The Hall–Kier alpha value is -3.27. The van der Waals surface area contributed by atoms with Gasteiger partial charge < -0.3 is 10.2 Å². The van der Waals surface area contributed by atoms with Crippen molar-refractivity contribution in [1.82, 2.24) is 14.5 Å². The number of sulfonamides is 1. The number of likely N-dealkylation sites (N-methyl/N-ethyl adjacent to an activating group) is 1. The zero-order chi connectivity index (χ0) is 27.0. The Bertz CT molecular complexity index is 1300. The maximum absolute atomic E-state index is 13.5. The van der Waals surface area contributed by atoms with E-state index in [1.807, 2.05) is 30.3 Å². The van der Waals surface area contributed by atoms with Crippen LogP contribution in [0.3, 0.4) is 0 Å². The van der Waals surface area contributed by atoms with Gasteiger partial charge >= 0.3 is 0 Å². The second-order valence-electron chi connectivity index (χ2n) is 8.72. The van der Waals surface area contributed by atoms with Crippen LogP contribution in [0.1, 0.15) is 16.7 Å². The summed E-state index contributed by atoms with van der Waals surface area (Å²) >= 11 is 5.95. The largest absolute Gasteiger partial charge is 0.350 e. The van der Waals surface area contributed by atoms with Crippen molar-refractivity contribution >= 4 is 33.4 Å². The third-order valence-electron chi connectivity index (χ3n) is 5.84. The van der Waals surface area contributed by atoms with E-state index in [1.54, 1.807) is 24.3 Å². The lowest BCUT2D eigenvalue weighted by molar-refractivity contribution is -0.141. The topological polar surface area (TPSA) is 86.8 Å². The predicted octanol–water partition coefficient (Wildman–Crippen LogP) is 3.63. The molecule has 0 aliphatic heterocycles. The van der Waals surface area contributed by atoms with Crippen LogP contribution in [0.25, 0.3) is 0 Å². The van der Waals surface area contributed by atoms with E-state index >= 15 is 0 Å². The lowest BCUT2D eigenvalue weighted by Gasteiger charge is -2.32. The van der Waals surface area contributed by atoms with Crippen LogP contribution in [0, 0.1) is 5.82 Å². The first kappa shape index (κ1) is 28.3. The maximum atomic E-state index is 13.5. The average Bonchev–Trinajstić information content (AvgIpc) is 2.86. The summed E-state index contributed by atoms with van der Waals surface area (Å²) < 4.78 is 38.4. The van der Waals surface area contributed by atoms with Crippen molar-refractivity contribution in [2.75, 3.05) is 19.8 Å². The Labute approximate surface area is 221 Å². The fourth-order valence-electron chi connectivity index (χ4n) is 3.65. The van der Waals surface area contributed by atoms with Crippen molar-refractivity contribution in [3.63, 3.8) is 0 Å². The summed E-state index contributed by atoms with van der Waals surface area (Å²) in [5, 5.41) is 3.46. The van der Waals surface area contributed by atoms with Gasteiger partial charge in [-0.15, -0.1) is 0 Å². The number of rotatable bonds is 11. The third-order valence-corrected chi connectivity index (χ3v) is 7.35. The fraction of sp³-hybridized carbons (Fsp3) is 0.259. The molecule has 37 heavy (non-hydrogen) atoms. The molecule has 0 saturated heterocycles. The first-order valence-corrected chi connectivity index (χ1v) is 13.8. The van der Waals surface area contributed by atoms with Gasteiger partial charge in [-0.05, 0) is 41.0 Å². The molecule has 10 heteroatoms. The number of hydrogen-bond donors (Lipinski definition) is 1. The van der Waals surface area contributed by atoms with Crippen molar-refractivity contribution < 1.29 is 22.4 Å². The molecular weight excluding hydrogens is 517 g/mol. The molecule has 0 unspecified atom stereocenters. The molecule has 0 bridgehead atoms. The average molecular weight is 546 g/mol. The van der Waals surface area contributed by atoms with Crippen molar-refractivity contribution in [1.29, 1.82) is 0 Å². The summed E-state index contributed by atoms with van der Waals surface area (Å²) in [5.41, 5.74) is 2.24. The Morgan fingerprint density at radius 2 is 1.51 bits per heavy atom. The summed E-state index contributed by atoms with van der Waals surface area (Å²) in [7, 11) is -2.34. The lowest BCUT2D eigenvalue weighted by Crippen LogP contribution is -2.52. The molecular formula is C27H29ClFN3O4S. The van der Waals surface area contributed by atoms with E-state index in [2.05, 4.69) is 5.32 Å². The molecule has 196 valence electrons. The summed E-state index contributed by atoms with van der Waals surface area (Å²) in [6.45, 7) is -0.249. The molecule has 0 spiro atoms. The number of halogens is 2. The Morgan fingerprint density at radius 3 is 2.11 bits per heavy atom. The highest BCUT2D eigenvalue weighted by molar-refractivity contribution is 7.88. The number of nitrogens with zero attached hydrogens (tertiary/aromatic N) is 2. The SMILES string of the molecule is CN(CC(=O)N(Cc1ccc(F)cc1)[C@H](Cc1ccccc1)C(=O)NCc1ccc(Cl)cc1)S(C)(=O)=O. The molecule has 3 rings (SSSR count). The highest BCUT2D eigenvalue weighted by Gasteiger charge is 2.31. The van der Waals surface area contributed by atoms with Gasteiger partial charge in [-0.2, -0.15) is 4.31 Å². The number of carbonyl (C=O) groups excluding carboxylic acids is 2. The number of benzene rings is 3. The molecule has 2 amide bonds. The molecule has 1 atom stereocenters. The van der Waals surface area contributed by atoms with Crippen molar-refractivity contribution in [3.8, 4) is 0 Å². The molecule has 0 aliphatic carbocycles. The van der Waals surface area contributed by atoms with Crippen molar-refractivity contribution in [3.05, 3.63) is 106 Å². The number of nitrogens with one attached hydrogen (secondary N) is 1. The lowest BCUT2D eigenvalue weighted by atomic mass is 10.0. The standard InChI is InChI=1S/C27H29ClFN3O4S/c1-31(37(2,35)36)19-26(33)32(18-22-10-14-24(29)15-11-22)25(16-20-6-4-3-5-7-20)27(34)30-17-21-8-12-23(28)13-9-21/h3-15,25H,16-19H2,1-2H3,(H,30,34)/t25-/m1/s1. The van der Waals surface area contributed by atoms with Crippen LogP contribution in [0.5, 0.6) is 0 Å². The maximum Gasteiger partial charge on any atom is 0.243 e. The molecule has 3 aromatic carbocycles. The van der Waals surface area contributed by atoms with E-state index in [4.69, 9.17) is 11.6 Å². The zero-order valence-electron chi connectivity index (χ0n) is 20.6. The smallest absolute Gasteiger partial charge is 0.243 e. The first-order valence-electron chi connectivity index (χ1n) is 11.5. The Morgan fingerprint density at radius 1 is 0.919 bits per heavy atom. The van der Waals surface area contributed by atoms with Crippen molar-refractivity contribution in [2.24, 2.45) is 0 Å². The number of carbonyl (C=O) groups is 2. The third kappa shape index (κ3) is 8.66. The van der Waals surface area contributed by atoms with Gasteiger partial charge in [0.15, 0.2) is 0 Å². The van der Waals surface area contributed by atoms with Gasteiger partial charge in [0.2, 0.25) is 21.8 Å². The highest BCUT2D eigenvalue weighted by Crippen LogP contribution is 2.17. The second kappa shape index (κ2) is 12.8. The van der Waals surface area contributed by atoms with Gasteiger partial charge in [-0.3, -0.25) is 9.59 Å². The van der Waals surface area contributed by atoms with Crippen LogP contribution in [0.4, 0.5) is 4.39 Å². The van der Waals surface area contributed by atoms with Crippen LogP contribution in [0.15, 0.2) is 78.9 Å². The number of amides is 2. The van der Waals surface area contributed by atoms with Crippen LogP contribution in [-0.4, -0.2) is 55.3 Å². The molecule has 0 aromatic heterocycles. The van der Waals surface area contributed by atoms with E-state index in [9.17, 15) is 22.4 Å². The van der Waals surface area contributed by atoms with Crippen LogP contribution < -0.4 is 5.32 Å². The minimum absolute atomic E-state index is 0.0113. The Balaban J connectivity index is 1.93. The summed E-state index contributed by atoms with van der Waals surface area (Å²) in [6.07, 6.45) is 1.20. The number of hydrogen-bond acceptors (Lipinski definition) is 4. The van der Waals surface area contributed by atoms with Gasteiger partial charge in [0.25, 0.3) is 0 Å². The molecule has 7 nitrogen and oxygen atoms in total. The van der Waals surface area contributed by atoms with Crippen molar-refractivity contribution in [2.45, 2.75) is 25.6 Å². The molecule has 1 N–H and O–H groups in total. The monoisotopic (exact) mass is 545 g/mol. The highest BCUT2D eigenvalue weighted by atomic mass is 35.5. The molecule has 0 radical (unpaired) electrons. The second-order valence-corrected chi connectivity index (χ2v) is 11.2. The Kier molecular flexibility index (Phi) is 9.79. The quantitative estimate of drug-likeness (QED) is 0.399. The summed E-state index contributed by atoms with van der Waals surface area (Å²) in [6, 6.07) is 20.9. The summed E-state index contributed by atoms with van der Waals surface area (Å²) in [4.78, 5) is 28.4. The molecule has 3 aromatic rings. The van der Waals surface area contributed by atoms with Gasteiger partial charge in [0, 0.05) is 31.6 Å². The minimum Gasteiger partial charge on any atom is -0.350 e. The fourth-order valence-corrected chi connectivity index (χ4v) is 4.12. The van der Waals surface area contributed by atoms with Crippen LogP contribution in [-0.2, 0) is 39.1 Å². The van der Waals surface area contributed by atoms with E-state index < -0.39 is 40.2 Å². The van der Waals surface area contributed by atoms with E-state index in [-0.39, 0.29) is 19.5 Å². The first-order chi connectivity index (χ1) is 17.5. The van der Waals surface area contributed by atoms with E-state index in [1.165, 1.54) is 36.2 Å². The van der Waals surface area contributed by atoms with E-state index in [0.717, 1.165) is 21.7 Å². The van der Waals surface area contributed by atoms with Gasteiger partial charge in [-0.1, -0.05) is 66.2 Å².